The molecule has 5 heteroatoms. The van der Waals surface area contributed by atoms with E-state index in [9.17, 15) is 4.79 Å². The van der Waals surface area contributed by atoms with Crippen molar-refractivity contribution in [2.24, 2.45) is 0 Å². The largest absolute Gasteiger partial charge is 0.354 e. The second-order valence-corrected chi connectivity index (χ2v) is 7.81. The van der Waals surface area contributed by atoms with Crippen molar-refractivity contribution in [1.29, 1.82) is 0 Å². The Morgan fingerprint density at radius 1 is 1.04 bits per heavy atom. The van der Waals surface area contributed by atoms with Gasteiger partial charge in [0.15, 0.2) is 0 Å². The molecule has 1 fully saturated rings. The van der Waals surface area contributed by atoms with Gasteiger partial charge in [-0.25, -0.2) is 0 Å². The van der Waals surface area contributed by atoms with Gasteiger partial charge in [0.25, 0.3) is 0 Å². The zero-order valence-electron chi connectivity index (χ0n) is 16.1. The van der Waals surface area contributed by atoms with Crippen LogP contribution in [0.25, 0.3) is 0 Å². The van der Waals surface area contributed by atoms with E-state index < -0.39 is 0 Å². The summed E-state index contributed by atoms with van der Waals surface area (Å²) < 4.78 is 0. The molecule has 1 unspecified atom stereocenters. The second kappa shape index (κ2) is 9.36. The topological polar surface area (TPSA) is 35.6 Å². The lowest BCUT2D eigenvalue weighted by Gasteiger charge is -2.38. The predicted octanol–water partition coefficient (Wildman–Crippen LogP) is 3.30. The molecule has 0 aliphatic carbocycles. The molecule has 27 heavy (non-hydrogen) atoms. The Labute approximate surface area is 167 Å². The molecule has 1 saturated heterocycles. The van der Waals surface area contributed by atoms with Gasteiger partial charge in [-0.05, 0) is 37.2 Å². The van der Waals surface area contributed by atoms with E-state index in [0.717, 1.165) is 31.7 Å². The van der Waals surface area contributed by atoms with Gasteiger partial charge in [0.2, 0.25) is 5.91 Å². The first kappa shape index (κ1) is 19.9. The van der Waals surface area contributed by atoms with E-state index in [-0.39, 0.29) is 11.9 Å². The van der Waals surface area contributed by atoms with Crippen LogP contribution in [-0.4, -0.2) is 55.5 Å². The molecule has 144 valence electrons. The third kappa shape index (κ3) is 5.80. The first-order valence-electron chi connectivity index (χ1n) is 9.51. The van der Waals surface area contributed by atoms with E-state index in [2.05, 4.69) is 53.4 Å². The van der Waals surface area contributed by atoms with Crippen molar-refractivity contribution in [2.45, 2.75) is 19.4 Å². The van der Waals surface area contributed by atoms with Crippen LogP contribution >= 0.6 is 11.6 Å². The average Bonchev–Trinajstić information content (AvgIpc) is 2.66. The minimum atomic E-state index is 0.0450. The number of benzene rings is 2. The molecule has 0 spiro atoms. The SMILES string of the molecule is Cc1ccc(C(CNC(=O)Cc2ccc(Cl)cc2)N2CCN(C)CC2)cc1. The standard InChI is InChI=1S/C22H28ClN3O/c1-17-3-7-19(8-4-17)21(26-13-11-25(2)12-14-26)16-24-22(27)15-18-5-9-20(23)10-6-18/h3-10,21H,11-16H2,1-2H3,(H,24,27). The molecule has 0 bridgehead atoms. The van der Waals surface area contributed by atoms with E-state index in [0.29, 0.717) is 18.0 Å². The van der Waals surface area contributed by atoms with Crippen molar-refractivity contribution in [3.8, 4) is 0 Å². The van der Waals surface area contributed by atoms with Crippen molar-refractivity contribution in [2.75, 3.05) is 39.8 Å². The fourth-order valence-corrected chi connectivity index (χ4v) is 3.57. The van der Waals surface area contributed by atoms with Gasteiger partial charge in [0, 0.05) is 37.7 Å². The predicted molar refractivity (Wildman–Crippen MR) is 111 cm³/mol. The minimum Gasteiger partial charge on any atom is -0.354 e. The van der Waals surface area contributed by atoms with Crippen LogP contribution in [0.2, 0.25) is 5.02 Å². The molecule has 1 N–H and O–H groups in total. The van der Waals surface area contributed by atoms with Gasteiger partial charge in [-0.3, -0.25) is 9.69 Å². The van der Waals surface area contributed by atoms with Gasteiger partial charge in [0.05, 0.1) is 12.5 Å². The van der Waals surface area contributed by atoms with Crippen LogP contribution in [0.1, 0.15) is 22.7 Å². The lowest BCUT2D eigenvalue weighted by molar-refractivity contribution is -0.120. The van der Waals surface area contributed by atoms with Gasteiger partial charge in [-0.2, -0.15) is 0 Å². The highest BCUT2D eigenvalue weighted by atomic mass is 35.5. The molecule has 2 aromatic carbocycles. The molecule has 1 aliphatic rings. The number of nitrogens with one attached hydrogen (secondary N) is 1. The molecule has 0 aromatic heterocycles. The van der Waals surface area contributed by atoms with Crippen molar-refractivity contribution in [3.05, 3.63) is 70.2 Å². The van der Waals surface area contributed by atoms with E-state index >= 15 is 0 Å². The fraction of sp³-hybridized carbons (Fsp3) is 0.409. The van der Waals surface area contributed by atoms with Crippen LogP contribution in [0.3, 0.4) is 0 Å². The Bertz CT molecular complexity index is 737. The number of halogens is 1. The second-order valence-electron chi connectivity index (χ2n) is 7.37. The summed E-state index contributed by atoms with van der Waals surface area (Å²) in [7, 11) is 2.16. The zero-order chi connectivity index (χ0) is 19.2. The maximum atomic E-state index is 12.5. The van der Waals surface area contributed by atoms with Crippen LogP contribution in [-0.2, 0) is 11.2 Å². The van der Waals surface area contributed by atoms with Crippen LogP contribution in [0, 0.1) is 6.92 Å². The van der Waals surface area contributed by atoms with Gasteiger partial charge >= 0.3 is 0 Å². The number of hydrogen-bond acceptors (Lipinski definition) is 3. The summed E-state index contributed by atoms with van der Waals surface area (Å²) in [6, 6.07) is 16.3. The van der Waals surface area contributed by atoms with Gasteiger partial charge < -0.3 is 10.2 Å². The molecule has 3 rings (SSSR count). The Kier molecular flexibility index (Phi) is 6.89. The number of carbonyl (C=O) groups excluding carboxylic acids is 1. The highest BCUT2D eigenvalue weighted by Gasteiger charge is 2.24. The molecule has 1 atom stereocenters. The molecular weight excluding hydrogens is 358 g/mol. The van der Waals surface area contributed by atoms with Crippen LogP contribution in [0.5, 0.6) is 0 Å². The van der Waals surface area contributed by atoms with E-state index in [1.165, 1.54) is 11.1 Å². The number of nitrogens with zero attached hydrogens (tertiary/aromatic N) is 2. The molecular formula is C22H28ClN3O. The van der Waals surface area contributed by atoms with Gasteiger partial charge in [0.1, 0.15) is 0 Å². The fourth-order valence-electron chi connectivity index (χ4n) is 3.44. The molecule has 4 nitrogen and oxygen atoms in total. The average molecular weight is 386 g/mol. The molecule has 2 aromatic rings. The third-order valence-electron chi connectivity index (χ3n) is 5.21. The van der Waals surface area contributed by atoms with Crippen LogP contribution < -0.4 is 5.32 Å². The summed E-state index contributed by atoms with van der Waals surface area (Å²) in [4.78, 5) is 17.3. The van der Waals surface area contributed by atoms with E-state index in [4.69, 9.17) is 11.6 Å². The normalized spacial score (nSPS) is 16.9. The first-order valence-corrected chi connectivity index (χ1v) is 9.89. The summed E-state index contributed by atoms with van der Waals surface area (Å²) in [5, 5.41) is 3.83. The van der Waals surface area contributed by atoms with Crippen molar-refractivity contribution in [1.82, 2.24) is 15.1 Å². The summed E-state index contributed by atoms with van der Waals surface area (Å²) in [6.45, 7) is 6.87. The van der Waals surface area contributed by atoms with Gasteiger partial charge in [-0.1, -0.05) is 53.6 Å². The third-order valence-corrected chi connectivity index (χ3v) is 5.46. The Balaban J connectivity index is 1.64. The number of amides is 1. The Hall–Kier alpha value is -1.88. The summed E-state index contributed by atoms with van der Waals surface area (Å²) in [5.41, 5.74) is 3.49. The number of likely N-dealkylation sites (N-methyl/N-ethyl adjacent to an activating group) is 1. The summed E-state index contributed by atoms with van der Waals surface area (Å²) in [6.07, 6.45) is 0.376. The molecule has 0 radical (unpaired) electrons. The smallest absolute Gasteiger partial charge is 0.224 e. The quantitative estimate of drug-likeness (QED) is 0.828. The maximum absolute atomic E-state index is 12.5. The summed E-state index contributed by atoms with van der Waals surface area (Å²) >= 11 is 5.92. The van der Waals surface area contributed by atoms with E-state index in [1.54, 1.807) is 0 Å². The van der Waals surface area contributed by atoms with Crippen molar-refractivity contribution >= 4 is 17.5 Å². The highest BCUT2D eigenvalue weighted by Crippen LogP contribution is 2.22. The molecule has 1 heterocycles. The van der Waals surface area contributed by atoms with Gasteiger partial charge in [-0.15, -0.1) is 0 Å². The zero-order valence-corrected chi connectivity index (χ0v) is 16.9. The maximum Gasteiger partial charge on any atom is 0.224 e. The first-order chi connectivity index (χ1) is 13.0. The Morgan fingerprint density at radius 3 is 2.30 bits per heavy atom. The number of aryl methyl sites for hydroxylation is 1. The van der Waals surface area contributed by atoms with Crippen LogP contribution in [0.15, 0.2) is 48.5 Å². The van der Waals surface area contributed by atoms with Crippen LogP contribution in [0.4, 0.5) is 0 Å². The lowest BCUT2D eigenvalue weighted by Crippen LogP contribution is -2.48. The molecule has 1 aliphatic heterocycles. The monoisotopic (exact) mass is 385 g/mol. The number of carbonyl (C=O) groups is 1. The minimum absolute atomic E-state index is 0.0450. The molecule has 1 amide bonds. The molecule has 0 saturated carbocycles. The number of rotatable bonds is 6. The Morgan fingerprint density at radius 2 is 1.67 bits per heavy atom. The number of hydrogen-bond donors (Lipinski definition) is 1. The highest BCUT2D eigenvalue weighted by molar-refractivity contribution is 6.30. The lowest BCUT2D eigenvalue weighted by atomic mass is 10.0. The number of piperazine rings is 1. The van der Waals surface area contributed by atoms with E-state index in [1.807, 2.05) is 24.3 Å². The van der Waals surface area contributed by atoms with Crippen molar-refractivity contribution in [3.63, 3.8) is 0 Å². The summed E-state index contributed by atoms with van der Waals surface area (Å²) in [5.74, 6) is 0.0450. The van der Waals surface area contributed by atoms with Crippen molar-refractivity contribution < 1.29 is 4.79 Å².